The maximum absolute atomic E-state index is 4.28. The molecule has 2 aromatic rings. The van der Waals surface area contributed by atoms with E-state index in [4.69, 9.17) is 0 Å². The number of nitrogens with one attached hydrogen (secondary N) is 2. The van der Waals surface area contributed by atoms with Gasteiger partial charge in [0.1, 0.15) is 6.67 Å². The molecule has 2 unspecified atom stereocenters. The molecule has 1 aliphatic carbocycles. The van der Waals surface area contributed by atoms with Crippen LogP contribution in [-0.2, 0) is 5.75 Å². The van der Waals surface area contributed by atoms with Crippen molar-refractivity contribution in [2.75, 3.05) is 12.0 Å². The van der Waals surface area contributed by atoms with Crippen molar-refractivity contribution < 1.29 is 0 Å². The van der Waals surface area contributed by atoms with Crippen molar-refractivity contribution in [2.24, 2.45) is 4.99 Å². The Labute approximate surface area is 172 Å². The second-order valence-corrected chi connectivity index (χ2v) is 8.56. The summed E-state index contributed by atoms with van der Waals surface area (Å²) in [5.41, 5.74) is 7.53. The van der Waals surface area contributed by atoms with Gasteiger partial charge in [-0.2, -0.15) is 0 Å². The fraction of sp³-hybridized carbons (Fsp3) is 0.348. The van der Waals surface area contributed by atoms with E-state index in [1.54, 1.807) is 0 Å². The van der Waals surface area contributed by atoms with Crippen LogP contribution in [0.25, 0.3) is 0 Å². The van der Waals surface area contributed by atoms with E-state index in [0.717, 1.165) is 12.2 Å². The van der Waals surface area contributed by atoms with Crippen LogP contribution in [0.15, 0.2) is 70.7 Å². The van der Waals surface area contributed by atoms with Gasteiger partial charge in [-0.1, -0.05) is 30.3 Å². The second kappa shape index (κ2) is 9.30. The van der Waals surface area contributed by atoms with Gasteiger partial charge in [0, 0.05) is 40.8 Å². The first kappa shape index (κ1) is 19.1. The molecule has 1 fully saturated rings. The lowest BCUT2D eigenvalue weighted by Gasteiger charge is -2.25. The van der Waals surface area contributed by atoms with E-state index < -0.39 is 0 Å². The van der Waals surface area contributed by atoms with Crippen molar-refractivity contribution in [1.29, 1.82) is 0 Å². The number of hydrazine groups is 1. The predicted molar refractivity (Wildman–Crippen MR) is 120 cm³/mol. The van der Waals surface area contributed by atoms with E-state index in [1.807, 2.05) is 24.1 Å². The summed E-state index contributed by atoms with van der Waals surface area (Å²) in [5, 5.41) is 5.84. The SMILES string of the molecule is Cc1cc(SCc2ccccc2)ccc1NC1CCC(NN2C=CC=NC2)C1. The highest BCUT2D eigenvalue weighted by atomic mass is 32.2. The second-order valence-electron chi connectivity index (χ2n) is 7.52. The van der Waals surface area contributed by atoms with Gasteiger partial charge in [0.25, 0.3) is 0 Å². The molecule has 0 amide bonds. The molecular weight excluding hydrogens is 364 g/mol. The highest BCUT2D eigenvalue weighted by Gasteiger charge is 2.25. The zero-order valence-electron chi connectivity index (χ0n) is 16.3. The number of allylic oxidation sites excluding steroid dienone is 1. The Kier molecular flexibility index (Phi) is 6.34. The Morgan fingerprint density at radius 2 is 1.96 bits per heavy atom. The van der Waals surface area contributed by atoms with Crippen molar-refractivity contribution >= 4 is 23.7 Å². The number of nitrogens with zero attached hydrogens (tertiary/aromatic N) is 2. The van der Waals surface area contributed by atoms with Crippen molar-refractivity contribution in [2.45, 2.75) is 48.9 Å². The molecule has 146 valence electrons. The average Bonchev–Trinajstić information content (AvgIpc) is 3.17. The lowest BCUT2D eigenvalue weighted by molar-refractivity contribution is 0.233. The minimum absolute atomic E-state index is 0.511. The van der Waals surface area contributed by atoms with Crippen molar-refractivity contribution in [3.05, 3.63) is 71.9 Å². The van der Waals surface area contributed by atoms with Crippen molar-refractivity contribution in [3.8, 4) is 0 Å². The first-order valence-electron chi connectivity index (χ1n) is 9.99. The maximum atomic E-state index is 4.28. The molecule has 0 bridgehead atoms. The lowest BCUT2D eigenvalue weighted by atomic mass is 10.1. The summed E-state index contributed by atoms with van der Waals surface area (Å²) in [5.74, 6) is 1.01. The minimum atomic E-state index is 0.511. The summed E-state index contributed by atoms with van der Waals surface area (Å²) >= 11 is 1.90. The highest BCUT2D eigenvalue weighted by molar-refractivity contribution is 7.98. The van der Waals surface area contributed by atoms with Gasteiger partial charge in [0.15, 0.2) is 0 Å². The first-order chi connectivity index (χ1) is 13.8. The number of hydrogen-bond donors (Lipinski definition) is 2. The minimum Gasteiger partial charge on any atom is -0.382 e. The van der Waals surface area contributed by atoms with Crippen LogP contribution in [-0.4, -0.2) is 30.0 Å². The van der Waals surface area contributed by atoms with Crippen LogP contribution < -0.4 is 10.7 Å². The van der Waals surface area contributed by atoms with Gasteiger partial charge in [-0.05, 0) is 61.6 Å². The molecule has 4 rings (SSSR count). The Morgan fingerprint density at radius 3 is 2.75 bits per heavy atom. The number of rotatable bonds is 7. The largest absolute Gasteiger partial charge is 0.382 e. The van der Waals surface area contributed by atoms with Crippen LogP contribution in [0.2, 0.25) is 0 Å². The third-order valence-corrected chi connectivity index (χ3v) is 6.34. The summed E-state index contributed by atoms with van der Waals surface area (Å²) in [7, 11) is 0. The molecule has 1 saturated carbocycles. The quantitative estimate of drug-likeness (QED) is 0.652. The molecule has 0 aromatic heterocycles. The zero-order chi connectivity index (χ0) is 19.2. The molecule has 2 N–H and O–H groups in total. The molecular formula is C23H28N4S. The molecule has 0 radical (unpaired) electrons. The number of aryl methyl sites for hydroxylation is 1. The molecule has 2 aromatic carbocycles. The van der Waals surface area contributed by atoms with E-state index in [9.17, 15) is 0 Å². The number of thioether (sulfide) groups is 1. The lowest BCUT2D eigenvalue weighted by Crippen LogP contribution is -2.41. The van der Waals surface area contributed by atoms with Crippen LogP contribution in [0.4, 0.5) is 5.69 Å². The standard InChI is InChI=1S/C23H28N4S/c1-18-14-22(28-16-19-6-3-2-4-7-19)10-11-23(18)25-20-8-9-21(15-20)26-27-13-5-12-24-17-27/h2-7,10-14,20-21,25-26H,8-9,15-17H2,1H3. The Balaban J connectivity index is 1.28. The van der Waals surface area contributed by atoms with Gasteiger partial charge in [-0.25, -0.2) is 5.43 Å². The third kappa shape index (κ3) is 5.18. The van der Waals surface area contributed by atoms with Crippen molar-refractivity contribution in [3.63, 3.8) is 0 Å². The molecule has 0 saturated heterocycles. The molecule has 1 heterocycles. The predicted octanol–water partition coefficient (Wildman–Crippen LogP) is 4.98. The maximum Gasteiger partial charge on any atom is 0.124 e. The van der Waals surface area contributed by atoms with Crippen molar-refractivity contribution in [1.82, 2.24) is 10.4 Å². The van der Waals surface area contributed by atoms with Gasteiger partial charge >= 0.3 is 0 Å². The smallest absolute Gasteiger partial charge is 0.124 e. The van der Waals surface area contributed by atoms with Crippen LogP contribution in [0, 0.1) is 6.92 Å². The summed E-state index contributed by atoms with van der Waals surface area (Å²) in [4.78, 5) is 5.60. The third-order valence-electron chi connectivity index (χ3n) is 5.28. The van der Waals surface area contributed by atoms with Gasteiger partial charge < -0.3 is 5.32 Å². The van der Waals surface area contributed by atoms with Crippen LogP contribution >= 0.6 is 11.8 Å². The normalized spacial score (nSPS) is 21.2. The molecule has 0 spiro atoms. The molecule has 28 heavy (non-hydrogen) atoms. The van der Waals surface area contributed by atoms with Crippen LogP contribution in [0.3, 0.4) is 0 Å². The zero-order valence-corrected chi connectivity index (χ0v) is 17.2. The summed E-state index contributed by atoms with van der Waals surface area (Å²) in [6.45, 7) is 2.91. The molecule has 2 aliphatic rings. The molecule has 1 aliphatic heterocycles. The Morgan fingerprint density at radius 1 is 1.11 bits per heavy atom. The summed E-state index contributed by atoms with van der Waals surface area (Å²) in [6.07, 6.45) is 9.41. The van der Waals surface area contributed by atoms with E-state index in [-0.39, 0.29) is 0 Å². The van der Waals surface area contributed by atoms with E-state index >= 15 is 0 Å². The number of benzene rings is 2. The average molecular weight is 393 g/mol. The molecule has 5 heteroatoms. The van der Waals surface area contributed by atoms with Crippen LogP contribution in [0.5, 0.6) is 0 Å². The van der Waals surface area contributed by atoms with E-state index in [2.05, 4.69) is 82.4 Å². The summed E-state index contributed by atoms with van der Waals surface area (Å²) < 4.78 is 0. The number of anilines is 1. The first-order valence-corrected chi connectivity index (χ1v) is 11.0. The fourth-order valence-corrected chi connectivity index (χ4v) is 4.73. The van der Waals surface area contributed by atoms with E-state index in [1.165, 1.54) is 34.6 Å². The number of hydrogen-bond acceptors (Lipinski definition) is 5. The summed E-state index contributed by atoms with van der Waals surface area (Å²) in [6, 6.07) is 18.5. The highest BCUT2D eigenvalue weighted by Crippen LogP contribution is 2.29. The number of aliphatic imine (C=N–C) groups is 1. The van der Waals surface area contributed by atoms with Gasteiger partial charge in [0.05, 0.1) is 0 Å². The van der Waals surface area contributed by atoms with Gasteiger partial charge in [0.2, 0.25) is 0 Å². The molecule has 2 atom stereocenters. The van der Waals surface area contributed by atoms with Crippen LogP contribution in [0.1, 0.15) is 30.4 Å². The fourth-order valence-electron chi connectivity index (χ4n) is 3.78. The van der Waals surface area contributed by atoms with E-state index in [0.29, 0.717) is 18.8 Å². The van der Waals surface area contributed by atoms with Gasteiger partial charge in [-0.3, -0.25) is 10.0 Å². The Bertz CT molecular complexity index is 834. The monoisotopic (exact) mass is 392 g/mol. The topological polar surface area (TPSA) is 39.7 Å². The molecule has 4 nitrogen and oxygen atoms in total. The Hall–Kier alpha value is -2.24. The van der Waals surface area contributed by atoms with Gasteiger partial charge in [-0.15, -0.1) is 11.8 Å².